The lowest BCUT2D eigenvalue weighted by atomic mass is 9.89. The zero-order chi connectivity index (χ0) is 29.2. The molecule has 0 bridgehead atoms. The molecule has 0 aliphatic heterocycles. The molecule has 1 atom stereocenters. The van der Waals surface area contributed by atoms with Gasteiger partial charge in [-0.05, 0) is 72.7 Å². The van der Waals surface area contributed by atoms with E-state index in [0.29, 0.717) is 41.6 Å². The van der Waals surface area contributed by atoms with E-state index in [4.69, 9.17) is 21.9 Å². The van der Waals surface area contributed by atoms with Crippen molar-refractivity contribution < 1.29 is 18.7 Å². The summed E-state index contributed by atoms with van der Waals surface area (Å²) >= 11 is 0. The SMILES string of the molecule is NC(N)=Nc1ccc(C[C@H](N)C(=O)Nc2ccc(C(=O)NCC3CCCCC3)c(OCc3ccc(F)cc3)c2)cc1. The summed E-state index contributed by atoms with van der Waals surface area (Å²) in [6.45, 7) is 0.729. The summed E-state index contributed by atoms with van der Waals surface area (Å²) in [4.78, 5) is 30.0. The van der Waals surface area contributed by atoms with Gasteiger partial charge in [0.1, 0.15) is 18.2 Å². The van der Waals surface area contributed by atoms with Gasteiger partial charge in [-0.1, -0.05) is 43.5 Å². The second-order valence-electron chi connectivity index (χ2n) is 10.3. The molecule has 8 N–H and O–H groups in total. The highest BCUT2D eigenvalue weighted by atomic mass is 19.1. The van der Waals surface area contributed by atoms with Crippen molar-refractivity contribution in [1.29, 1.82) is 0 Å². The monoisotopic (exact) mass is 560 g/mol. The van der Waals surface area contributed by atoms with Gasteiger partial charge in [0.15, 0.2) is 5.96 Å². The minimum Gasteiger partial charge on any atom is -0.488 e. The quantitative estimate of drug-likeness (QED) is 0.175. The van der Waals surface area contributed by atoms with Crippen LogP contribution in [0.2, 0.25) is 0 Å². The van der Waals surface area contributed by atoms with E-state index in [2.05, 4.69) is 15.6 Å². The zero-order valence-electron chi connectivity index (χ0n) is 22.9. The Bertz CT molecular complexity index is 1350. The highest BCUT2D eigenvalue weighted by Crippen LogP contribution is 2.27. The predicted molar refractivity (Wildman–Crippen MR) is 158 cm³/mol. The number of hydrogen-bond acceptors (Lipinski definition) is 5. The molecule has 0 aromatic heterocycles. The van der Waals surface area contributed by atoms with Crippen molar-refractivity contribution >= 4 is 29.1 Å². The number of ether oxygens (including phenoxy) is 1. The van der Waals surface area contributed by atoms with Gasteiger partial charge in [0, 0.05) is 18.3 Å². The highest BCUT2D eigenvalue weighted by molar-refractivity contribution is 5.99. The number of aliphatic imine (C=N–C) groups is 1. The first-order chi connectivity index (χ1) is 19.8. The fraction of sp³-hybridized carbons (Fsp3) is 0.323. The molecule has 216 valence electrons. The Hall–Kier alpha value is -4.44. The smallest absolute Gasteiger partial charge is 0.255 e. The predicted octanol–water partition coefficient (Wildman–Crippen LogP) is 4.13. The molecule has 0 radical (unpaired) electrons. The fourth-order valence-electron chi connectivity index (χ4n) is 4.81. The van der Waals surface area contributed by atoms with Crippen LogP contribution in [0.4, 0.5) is 15.8 Å². The van der Waals surface area contributed by atoms with E-state index >= 15 is 0 Å². The van der Waals surface area contributed by atoms with E-state index in [1.807, 2.05) is 0 Å². The minimum absolute atomic E-state index is 0.0393. The third-order valence-corrected chi connectivity index (χ3v) is 7.06. The van der Waals surface area contributed by atoms with Gasteiger partial charge in [-0.25, -0.2) is 9.38 Å². The van der Waals surface area contributed by atoms with Crippen molar-refractivity contribution in [2.45, 2.75) is 51.2 Å². The third kappa shape index (κ3) is 9.04. The van der Waals surface area contributed by atoms with E-state index in [1.165, 1.54) is 31.4 Å². The summed E-state index contributed by atoms with van der Waals surface area (Å²) in [7, 11) is 0. The van der Waals surface area contributed by atoms with Crippen LogP contribution < -0.4 is 32.6 Å². The molecule has 0 saturated heterocycles. The van der Waals surface area contributed by atoms with Crippen LogP contribution in [0.15, 0.2) is 71.7 Å². The van der Waals surface area contributed by atoms with Crippen molar-refractivity contribution in [3.63, 3.8) is 0 Å². The molecule has 3 aromatic rings. The average molecular weight is 561 g/mol. The van der Waals surface area contributed by atoms with E-state index in [-0.39, 0.29) is 24.3 Å². The first kappa shape index (κ1) is 29.5. The average Bonchev–Trinajstić information content (AvgIpc) is 2.97. The van der Waals surface area contributed by atoms with E-state index in [1.54, 1.807) is 54.6 Å². The second kappa shape index (κ2) is 14.3. The van der Waals surface area contributed by atoms with Crippen LogP contribution >= 0.6 is 0 Å². The number of benzene rings is 3. The van der Waals surface area contributed by atoms with Crippen molar-refractivity contribution in [1.82, 2.24) is 5.32 Å². The largest absolute Gasteiger partial charge is 0.488 e. The number of carbonyl (C=O) groups is 2. The molecule has 2 amide bonds. The number of carbonyl (C=O) groups excluding carboxylic acids is 2. The molecule has 1 aliphatic rings. The van der Waals surface area contributed by atoms with Crippen molar-refractivity contribution in [2.24, 2.45) is 28.1 Å². The first-order valence-electron chi connectivity index (χ1n) is 13.8. The first-order valence-corrected chi connectivity index (χ1v) is 13.8. The molecule has 1 saturated carbocycles. The maximum absolute atomic E-state index is 13.3. The van der Waals surface area contributed by atoms with Gasteiger partial charge < -0.3 is 32.6 Å². The lowest BCUT2D eigenvalue weighted by Crippen LogP contribution is -2.37. The zero-order valence-corrected chi connectivity index (χ0v) is 22.9. The number of halogens is 1. The van der Waals surface area contributed by atoms with Gasteiger partial charge in [-0.15, -0.1) is 0 Å². The van der Waals surface area contributed by atoms with Crippen molar-refractivity contribution in [3.8, 4) is 5.75 Å². The van der Waals surface area contributed by atoms with E-state index in [9.17, 15) is 14.0 Å². The summed E-state index contributed by atoms with van der Waals surface area (Å²) in [6, 6.07) is 17.1. The number of rotatable bonds is 11. The maximum atomic E-state index is 13.3. The molecule has 1 aliphatic carbocycles. The molecule has 0 spiro atoms. The number of nitrogens with two attached hydrogens (primary N) is 3. The van der Waals surface area contributed by atoms with Crippen LogP contribution in [0.25, 0.3) is 0 Å². The van der Waals surface area contributed by atoms with E-state index < -0.39 is 11.9 Å². The summed E-state index contributed by atoms with van der Waals surface area (Å²) in [6.07, 6.45) is 6.14. The Balaban J connectivity index is 1.44. The Morgan fingerprint density at radius 2 is 1.63 bits per heavy atom. The van der Waals surface area contributed by atoms with E-state index in [0.717, 1.165) is 24.0 Å². The van der Waals surface area contributed by atoms with Gasteiger partial charge in [-0.2, -0.15) is 0 Å². The number of guanidine groups is 1. The summed E-state index contributed by atoms with van der Waals surface area (Å²) in [5, 5.41) is 5.85. The number of nitrogens with zero attached hydrogens (tertiary/aromatic N) is 1. The third-order valence-electron chi connectivity index (χ3n) is 7.06. The van der Waals surface area contributed by atoms with Crippen LogP contribution in [0, 0.1) is 11.7 Å². The Morgan fingerprint density at radius 3 is 2.32 bits per heavy atom. The summed E-state index contributed by atoms with van der Waals surface area (Å²) < 4.78 is 19.3. The molecule has 9 nitrogen and oxygen atoms in total. The molecule has 1 fully saturated rings. The lowest BCUT2D eigenvalue weighted by Gasteiger charge is -2.22. The normalized spacial score (nSPS) is 14.1. The highest BCUT2D eigenvalue weighted by Gasteiger charge is 2.20. The molecule has 0 heterocycles. The Labute approximate surface area is 239 Å². The van der Waals surface area contributed by atoms with Crippen LogP contribution in [0.1, 0.15) is 53.6 Å². The topological polar surface area (TPSA) is 158 Å². The number of amides is 2. The molecular formula is C31H37FN6O3. The Kier molecular flexibility index (Phi) is 10.3. The lowest BCUT2D eigenvalue weighted by molar-refractivity contribution is -0.117. The number of nitrogens with one attached hydrogen (secondary N) is 2. The van der Waals surface area contributed by atoms with Crippen LogP contribution in [0.3, 0.4) is 0 Å². The summed E-state index contributed by atoms with van der Waals surface area (Å²) in [5.74, 6) is -0.248. The molecule has 41 heavy (non-hydrogen) atoms. The summed E-state index contributed by atoms with van der Waals surface area (Å²) in [5.41, 5.74) is 20.0. The second-order valence-corrected chi connectivity index (χ2v) is 10.3. The number of anilines is 1. The van der Waals surface area contributed by atoms with Crippen LogP contribution in [-0.2, 0) is 17.8 Å². The van der Waals surface area contributed by atoms with Gasteiger partial charge in [0.05, 0.1) is 17.3 Å². The van der Waals surface area contributed by atoms with Gasteiger partial charge in [0.25, 0.3) is 5.91 Å². The van der Waals surface area contributed by atoms with Crippen LogP contribution in [-0.4, -0.2) is 30.4 Å². The van der Waals surface area contributed by atoms with Gasteiger partial charge in [-0.3, -0.25) is 9.59 Å². The van der Waals surface area contributed by atoms with Gasteiger partial charge >= 0.3 is 0 Å². The molecule has 3 aromatic carbocycles. The Morgan fingerprint density at radius 1 is 0.951 bits per heavy atom. The van der Waals surface area contributed by atoms with Crippen molar-refractivity contribution in [2.75, 3.05) is 11.9 Å². The maximum Gasteiger partial charge on any atom is 0.255 e. The molecule has 0 unspecified atom stereocenters. The number of hydrogen-bond donors (Lipinski definition) is 5. The molecule has 10 heteroatoms. The molecule has 4 rings (SSSR count). The van der Waals surface area contributed by atoms with Crippen LogP contribution in [0.5, 0.6) is 5.75 Å². The fourth-order valence-corrected chi connectivity index (χ4v) is 4.81. The molecular weight excluding hydrogens is 523 g/mol. The van der Waals surface area contributed by atoms with Crippen molar-refractivity contribution in [3.05, 3.63) is 89.2 Å². The van der Waals surface area contributed by atoms with Gasteiger partial charge in [0.2, 0.25) is 5.91 Å². The minimum atomic E-state index is -0.828. The standard InChI is InChI=1S/C31H37FN6O3/c32-23-10-6-22(7-11-23)19-41-28-17-25(14-15-26(28)29(39)36-18-21-4-2-1-3-5-21)37-30(40)27(33)16-20-8-12-24(13-9-20)38-31(34)35/h6-15,17,21,27H,1-5,16,18-19,33H2,(H,36,39)(H,37,40)(H4,34,35,38)/t27-/m0/s1.